The fourth-order valence-corrected chi connectivity index (χ4v) is 3.95. The molecule has 2 aromatic heterocycles. The molecule has 156 valence electrons. The second kappa shape index (κ2) is 7.59. The number of Topliss-reactive ketones (excluding diaryl/α,β-unsaturated/α-hetero) is 2. The number of alkyl halides is 3. The average Bonchev–Trinajstić information content (AvgIpc) is 3.29. The van der Waals surface area contributed by atoms with Gasteiger partial charge >= 0.3 is 6.18 Å². The molecular weight excluding hydrogens is 421 g/mol. The summed E-state index contributed by atoms with van der Waals surface area (Å²) in [6.07, 6.45) is -3.02. The highest BCUT2D eigenvalue weighted by Gasteiger charge is 2.40. The Morgan fingerprint density at radius 1 is 1.23 bits per heavy atom. The minimum atomic E-state index is -4.58. The molecule has 0 unspecified atom stereocenters. The van der Waals surface area contributed by atoms with E-state index in [-0.39, 0.29) is 31.0 Å². The smallest absolute Gasteiger partial charge is 0.346 e. The van der Waals surface area contributed by atoms with Crippen molar-refractivity contribution in [1.29, 1.82) is 0 Å². The molecule has 0 saturated carbocycles. The summed E-state index contributed by atoms with van der Waals surface area (Å²) in [5.74, 6) is -0.834. The number of benzene rings is 1. The standard InChI is InChI=1S/C18H15F3N6O2S/c1-10(28)7-27-24-16(23-25-27)14-6-22-17(30-14)26-8-11(9-26)15(29)12-4-2-3-5-13(12)18(19,20)21/h2-6,11H,7-9H2,1H3. The lowest BCUT2D eigenvalue weighted by Crippen LogP contribution is -2.50. The van der Waals surface area contributed by atoms with Crippen LogP contribution in [0.3, 0.4) is 0 Å². The van der Waals surface area contributed by atoms with Crippen LogP contribution in [0.5, 0.6) is 0 Å². The van der Waals surface area contributed by atoms with Crippen molar-refractivity contribution < 1.29 is 22.8 Å². The van der Waals surface area contributed by atoms with Crippen molar-refractivity contribution in [2.75, 3.05) is 18.0 Å². The maximum absolute atomic E-state index is 13.2. The van der Waals surface area contributed by atoms with Crippen molar-refractivity contribution in [3.05, 3.63) is 41.6 Å². The fourth-order valence-electron chi connectivity index (χ4n) is 3.09. The monoisotopic (exact) mass is 436 g/mol. The number of nitrogens with zero attached hydrogens (tertiary/aromatic N) is 6. The minimum Gasteiger partial charge on any atom is -0.346 e. The molecule has 0 aliphatic carbocycles. The summed E-state index contributed by atoms with van der Waals surface area (Å²) < 4.78 is 39.5. The van der Waals surface area contributed by atoms with E-state index in [9.17, 15) is 22.8 Å². The molecule has 1 aromatic carbocycles. The van der Waals surface area contributed by atoms with E-state index in [0.29, 0.717) is 15.8 Å². The molecule has 0 atom stereocenters. The van der Waals surface area contributed by atoms with Gasteiger partial charge in [0.1, 0.15) is 6.54 Å². The molecule has 3 heterocycles. The molecule has 3 aromatic rings. The summed E-state index contributed by atoms with van der Waals surface area (Å²) in [5.41, 5.74) is -1.22. The third-order valence-corrected chi connectivity index (χ3v) is 5.61. The van der Waals surface area contributed by atoms with Gasteiger partial charge < -0.3 is 4.90 Å². The van der Waals surface area contributed by atoms with Crippen molar-refractivity contribution in [2.45, 2.75) is 19.6 Å². The normalized spacial score (nSPS) is 14.6. The highest BCUT2D eigenvalue weighted by molar-refractivity contribution is 7.18. The first-order chi connectivity index (χ1) is 14.2. The molecule has 0 N–H and O–H groups in total. The maximum Gasteiger partial charge on any atom is 0.417 e. The predicted molar refractivity (Wildman–Crippen MR) is 101 cm³/mol. The molecule has 8 nitrogen and oxygen atoms in total. The van der Waals surface area contributed by atoms with Crippen molar-refractivity contribution in [2.24, 2.45) is 5.92 Å². The molecular formula is C18H15F3N6O2S. The number of ketones is 2. The van der Waals surface area contributed by atoms with E-state index >= 15 is 0 Å². The summed E-state index contributed by atoms with van der Waals surface area (Å²) in [6, 6.07) is 4.83. The van der Waals surface area contributed by atoms with Crippen molar-refractivity contribution in [3.8, 4) is 10.7 Å². The van der Waals surface area contributed by atoms with Gasteiger partial charge in [0, 0.05) is 18.7 Å². The fraction of sp³-hybridized carbons (Fsp3) is 0.333. The van der Waals surface area contributed by atoms with Gasteiger partial charge in [-0.1, -0.05) is 29.5 Å². The van der Waals surface area contributed by atoms with E-state index < -0.39 is 23.4 Å². The van der Waals surface area contributed by atoms with Gasteiger partial charge in [0.25, 0.3) is 0 Å². The Labute approximate surface area is 172 Å². The first-order valence-electron chi connectivity index (χ1n) is 8.91. The molecule has 0 bridgehead atoms. The van der Waals surface area contributed by atoms with E-state index in [1.807, 2.05) is 4.90 Å². The zero-order chi connectivity index (χ0) is 21.5. The van der Waals surface area contributed by atoms with Gasteiger partial charge in [-0.25, -0.2) is 4.98 Å². The summed E-state index contributed by atoms with van der Waals surface area (Å²) in [4.78, 5) is 31.6. The molecule has 1 aliphatic heterocycles. The molecule has 0 amide bonds. The zero-order valence-electron chi connectivity index (χ0n) is 15.6. The van der Waals surface area contributed by atoms with Crippen molar-refractivity contribution >= 4 is 28.0 Å². The zero-order valence-corrected chi connectivity index (χ0v) is 16.4. The number of carbonyl (C=O) groups is 2. The minimum absolute atomic E-state index is 0.0218. The third kappa shape index (κ3) is 3.95. The highest BCUT2D eigenvalue weighted by Crippen LogP contribution is 2.36. The molecule has 12 heteroatoms. The Morgan fingerprint density at radius 2 is 1.97 bits per heavy atom. The summed E-state index contributed by atoms with van der Waals surface area (Å²) >= 11 is 1.28. The summed E-state index contributed by atoms with van der Waals surface area (Å²) in [5, 5.41) is 12.4. The quantitative estimate of drug-likeness (QED) is 0.549. The van der Waals surface area contributed by atoms with E-state index in [2.05, 4.69) is 20.4 Å². The Bertz CT molecular complexity index is 1100. The number of tetrazole rings is 1. The predicted octanol–water partition coefficient (Wildman–Crippen LogP) is 2.72. The van der Waals surface area contributed by atoms with Gasteiger partial charge in [-0.2, -0.15) is 18.0 Å². The largest absolute Gasteiger partial charge is 0.417 e. The van der Waals surface area contributed by atoms with Crippen LogP contribution in [0.4, 0.5) is 18.3 Å². The summed E-state index contributed by atoms with van der Waals surface area (Å²) in [7, 11) is 0. The number of halogens is 3. The Hall–Kier alpha value is -3.15. The van der Waals surface area contributed by atoms with Crippen LogP contribution in [0, 0.1) is 5.92 Å². The van der Waals surface area contributed by atoms with Gasteiger partial charge in [-0.15, -0.1) is 10.2 Å². The Morgan fingerprint density at radius 3 is 2.67 bits per heavy atom. The maximum atomic E-state index is 13.2. The van der Waals surface area contributed by atoms with Crippen LogP contribution in [0.1, 0.15) is 22.8 Å². The Balaban J connectivity index is 1.43. The van der Waals surface area contributed by atoms with Crippen LogP contribution in [0.2, 0.25) is 0 Å². The van der Waals surface area contributed by atoms with Gasteiger partial charge in [-0.05, 0) is 18.2 Å². The number of thiazole rings is 1. The van der Waals surface area contributed by atoms with Crippen LogP contribution < -0.4 is 4.90 Å². The molecule has 1 fully saturated rings. The topological polar surface area (TPSA) is 93.9 Å². The van der Waals surface area contributed by atoms with Crippen molar-refractivity contribution in [3.63, 3.8) is 0 Å². The molecule has 1 saturated heterocycles. The first-order valence-corrected chi connectivity index (χ1v) is 9.73. The molecule has 1 aliphatic rings. The third-order valence-electron chi connectivity index (χ3n) is 4.55. The molecule has 0 radical (unpaired) electrons. The van der Waals surface area contributed by atoms with Gasteiger partial charge in [-0.3, -0.25) is 9.59 Å². The second-order valence-corrected chi connectivity index (χ2v) is 7.87. The number of carbonyl (C=O) groups excluding carboxylic acids is 2. The van der Waals surface area contributed by atoms with Crippen LogP contribution in [-0.4, -0.2) is 49.8 Å². The molecule has 4 rings (SSSR count). The molecule has 0 spiro atoms. The first kappa shape index (κ1) is 20.1. The number of rotatable bonds is 6. The van der Waals surface area contributed by atoms with Gasteiger partial charge in [0.05, 0.1) is 22.6 Å². The summed E-state index contributed by atoms with van der Waals surface area (Å²) in [6.45, 7) is 2.00. The van der Waals surface area contributed by atoms with Gasteiger partial charge in [0.2, 0.25) is 5.82 Å². The van der Waals surface area contributed by atoms with Crippen LogP contribution >= 0.6 is 11.3 Å². The van der Waals surface area contributed by atoms with Crippen molar-refractivity contribution in [1.82, 2.24) is 25.2 Å². The second-order valence-electron chi connectivity index (χ2n) is 6.86. The molecule has 30 heavy (non-hydrogen) atoms. The van der Waals surface area contributed by atoms with E-state index in [1.165, 1.54) is 41.3 Å². The number of anilines is 1. The number of hydrogen-bond donors (Lipinski definition) is 0. The van der Waals surface area contributed by atoms with Crippen LogP contribution in [0.25, 0.3) is 10.7 Å². The lowest BCUT2D eigenvalue weighted by molar-refractivity contribution is -0.138. The SMILES string of the molecule is CC(=O)Cn1nnc(-c2cnc(N3CC(C(=O)c4ccccc4C(F)(F)F)C3)s2)n1. The van der Waals surface area contributed by atoms with Gasteiger partial charge in [0.15, 0.2) is 16.7 Å². The van der Waals surface area contributed by atoms with Crippen LogP contribution in [-0.2, 0) is 17.5 Å². The van der Waals surface area contributed by atoms with Crippen LogP contribution in [0.15, 0.2) is 30.5 Å². The van der Waals surface area contributed by atoms with E-state index in [4.69, 9.17) is 0 Å². The lowest BCUT2D eigenvalue weighted by Gasteiger charge is -2.38. The van der Waals surface area contributed by atoms with E-state index in [0.717, 1.165) is 6.07 Å². The lowest BCUT2D eigenvalue weighted by atomic mass is 9.89. The Kier molecular flexibility index (Phi) is 5.10. The highest BCUT2D eigenvalue weighted by atomic mass is 32.1. The number of hydrogen-bond acceptors (Lipinski definition) is 8. The van der Waals surface area contributed by atoms with E-state index in [1.54, 1.807) is 6.20 Å². The average molecular weight is 436 g/mol. The number of aromatic nitrogens is 5.